The first kappa shape index (κ1) is 21.7. The molecular formula is C23H30N8O2. The Labute approximate surface area is 192 Å². The van der Waals surface area contributed by atoms with Crippen LogP contribution >= 0.6 is 0 Å². The number of anilines is 1. The van der Waals surface area contributed by atoms with E-state index in [1.807, 2.05) is 30.2 Å². The summed E-state index contributed by atoms with van der Waals surface area (Å²) >= 11 is 0. The van der Waals surface area contributed by atoms with Gasteiger partial charge in [0.25, 0.3) is 0 Å². The van der Waals surface area contributed by atoms with Gasteiger partial charge in [0.15, 0.2) is 17.0 Å². The molecule has 1 aliphatic carbocycles. The van der Waals surface area contributed by atoms with Crippen LogP contribution < -0.4 is 5.32 Å². The Morgan fingerprint density at radius 3 is 2.48 bits per heavy atom. The fourth-order valence-corrected chi connectivity index (χ4v) is 4.64. The molecule has 1 saturated heterocycles. The summed E-state index contributed by atoms with van der Waals surface area (Å²) in [4.78, 5) is 37.7. The highest BCUT2D eigenvalue weighted by molar-refractivity contribution is 5.88. The van der Waals surface area contributed by atoms with E-state index in [1.54, 1.807) is 18.7 Å². The van der Waals surface area contributed by atoms with Gasteiger partial charge in [-0.25, -0.2) is 24.9 Å². The molecule has 174 valence electrons. The number of aryl methyl sites for hydroxylation is 2. The van der Waals surface area contributed by atoms with E-state index >= 15 is 0 Å². The summed E-state index contributed by atoms with van der Waals surface area (Å²) < 4.78 is 7.83. The first-order valence-corrected chi connectivity index (χ1v) is 11.6. The topological polar surface area (TPSA) is 111 Å². The van der Waals surface area contributed by atoms with Crippen LogP contribution in [0.2, 0.25) is 0 Å². The summed E-state index contributed by atoms with van der Waals surface area (Å²) in [7, 11) is 0. The number of carbonyl (C=O) groups excluding carboxylic acids is 1. The van der Waals surface area contributed by atoms with Gasteiger partial charge in [0.1, 0.15) is 18.0 Å². The van der Waals surface area contributed by atoms with Crippen LogP contribution in [0.4, 0.5) is 5.82 Å². The first-order chi connectivity index (χ1) is 15.9. The molecule has 2 aliphatic rings. The highest BCUT2D eigenvalue weighted by Crippen LogP contribution is 2.47. The van der Waals surface area contributed by atoms with Crippen LogP contribution in [0.1, 0.15) is 39.4 Å². The smallest absolute Gasteiger partial charge is 0.230 e. The average Bonchev–Trinajstić information content (AvgIpc) is 3.49. The highest BCUT2D eigenvalue weighted by atomic mass is 16.5. The van der Waals surface area contributed by atoms with Crippen LogP contribution in [0.5, 0.6) is 0 Å². The molecule has 3 aromatic heterocycles. The number of imidazole rings is 1. The number of carbonyl (C=O) groups is 1. The minimum Gasteiger partial charge on any atom is -0.372 e. The molecule has 2 atom stereocenters. The Bertz CT molecular complexity index is 1160. The third kappa shape index (κ3) is 4.03. The number of fused-ring (bicyclic) bond motifs is 1. The zero-order chi connectivity index (χ0) is 23.2. The fourth-order valence-electron chi connectivity index (χ4n) is 4.64. The van der Waals surface area contributed by atoms with Crippen LogP contribution in [0.25, 0.3) is 22.6 Å². The van der Waals surface area contributed by atoms with Crippen molar-refractivity contribution in [2.45, 2.75) is 59.3 Å². The van der Waals surface area contributed by atoms with Crippen molar-refractivity contribution in [1.29, 1.82) is 0 Å². The standard InChI is InChI=1S/C23H30N8O2/c1-5-31-20(17-8-24-16(4)25-9-17)29-18-19(27-13-28-21(18)31)26-12-23(6-7-23)22(32)30-10-14(2)33-15(3)11-30/h8-9,13-15H,5-7,10-12H2,1-4H3,(H,26,27,28). The Kier molecular flexibility index (Phi) is 5.48. The summed E-state index contributed by atoms with van der Waals surface area (Å²) in [6.07, 6.45) is 6.97. The van der Waals surface area contributed by atoms with Crippen molar-refractivity contribution < 1.29 is 9.53 Å². The molecule has 3 aromatic rings. The maximum absolute atomic E-state index is 13.3. The molecule has 2 fully saturated rings. The van der Waals surface area contributed by atoms with Gasteiger partial charge in [0.05, 0.1) is 23.2 Å². The molecular weight excluding hydrogens is 420 g/mol. The summed E-state index contributed by atoms with van der Waals surface area (Å²) in [6.45, 7) is 10.5. The number of nitrogens with one attached hydrogen (secondary N) is 1. The molecule has 0 radical (unpaired) electrons. The molecule has 10 nitrogen and oxygen atoms in total. The third-order valence-corrected chi connectivity index (χ3v) is 6.50. The predicted octanol–water partition coefficient (Wildman–Crippen LogP) is 2.44. The van der Waals surface area contributed by atoms with Gasteiger partial charge >= 0.3 is 0 Å². The number of hydrogen-bond donors (Lipinski definition) is 1. The maximum Gasteiger partial charge on any atom is 0.230 e. The molecule has 2 unspecified atom stereocenters. The zero-order valence-electron chi connectivity index (χ0n) is 19.6. The molecule has 1 N–H and O–H groups in total. The van der Waals surface area contributed by atoms with Crippen LogP contribution in [0.15, 0.2) is 18.7 Å². The monoisotopic (exact) mass is 450 g/mol. The molecule has 33 heavy (non-hydrogen) atoms. The van der Waals surface area contributed by atoms with E-state index in [-0.39, 0.29) is 23.5 Å². The maximum atomic E-state index is 13.3. The zero-order valence-corrected chi connectivity index (χ0v) is 19.6. The van der Waals surface area contributed by atoms with E-state index in [2.05, 4.69) is 32.2 Å². The summed E-state index contributed by atoms with van der Waals surface area (Å²) in [5, 5.41) is 3.42. The second-order valence-corrected chi connectivity index (χ2v) is 9.19. The van der Waals surface area contributed by atoms with Gasteiger partial charge in [0.2, 0.25) is 5.91 Å². The van der Waals surface area contributed by atoms with E-state index in [0.717, 1.165) is 29.9 Å². The van der Waals surface area contributed by atoms with Gasteiger partial charge < -0.3 is 19.5 Å². The van der Waals surface area contributed by atoms with Crippen molar-refractivity contribution in [2.75, 3.05) is 25.0 Å². The van der Waals surface area contributed by atoms with Crippen molar-refractivity contribution in [3.05, 3.63) is 24.5 Å². The number of amides is 1. The van der Waals surface area contributed by atoms with Gasteiger partial charge in [-0.15, -0.1) is 0 Å². The van der Waals surface area contributed by atoms with Gasteiger partial charge in [-0.3, -0.25) is 4.79 Å². The third-order valence-electron chi connectivity index (χ3n) is 6.50. The van der Waals surface area contributed by atoms with Crippen molar-refractivity contribution in [3.8, 4) is 11.4 Å². The Hall–Kier alpha value is -3.14. The summed E-state index contributed by atoms with van der Waals surface area (Å²) in [5.74, 6) is 2.32. The molecule has 0 aromatic carbocycles. The molecule has 10 heteroatoms. The Balaban J connectivity index is 1.39. The minimum atomic E-state index is -0.380. The van der Waals surface area contributed by atoms with Gasteiger partial charge in [0, 0.05) is 38.6 Å². The number of ether oxygens (including phenoxy) is 1. The van der Waals surface area contributed by atoms with Crippen molar-refractivity contribution in [2.24, 2.45) is 5.41 Å². The quantitative estimate of drug-likeness (QED) is 0.610. The van der Waals surface area contributed by atoms with E-state index in [9.17, 15) is 4.79 Å². The summed E-state index contributed by atoms with van der Waals surface area (Å²) in [6, 6.07) is 0. The average molecular weight is 451 g/mol. The van der Waals surface area contributed by atoms with Crippen molar-refractivity contribution in [3.63, 3.8) is 0 Å². The van der Waals surface area contributed by atoms with Crippen LogP contribution in [-0.4, -0.2) is 72.1 Å². The molecule has 1 amide bonds. The predicted molar refractivity (Wildman–Crippen MR) is 124 cm³/mol. The lowest BCUT2D eigenvalue weighted by molar-refractivity contribution is -0.148. The van der Waals surface area contributed by atoms with Crippen molar-refractivity contribution in [1.82, 2.24) is 34.4 Å². The number of nitrogens with zero attached hydrogens (tertiary/aromatic N) is 7. The van der Waals surface area contributed by atoms with E-state index in [4.69, 9.17) is 9.72 Å². The fraction of sp³-hybridized carbons (Fsp3) is 0.565. The van der Waals surface area contributed by atoms with Crippen molar-refractivity contribution >= 4 is 22.9 Å². The molecule has 0 spiro atoms. The van der Waals surface area contributed by atoms with E-state index in [1.165, 1.54) is 0 Å². The number of hydrogen-bond acceptors (Lipinski definition) is 8. The molecule has 4 heterocycles. The molecule has 0 bridgehead atoms. The second kappa shape index (κ2) is 8.33. The normalized spacial score (nSPS) is 21.9. The Morgan fingerprint density at radius 2 is 1.85 bits per heavy atom. The molecule has 1 aliphatic heterocycles. The number of morpholine rings is 1. The molecule has 5 rings (SSSR count). The minimum absolute atomic E-state index is 0.0603. The lowest BCUT2D eigenvalue weighted by Gasteiger charge is -2.37. The van der Waals surface area contributed by atoms with E-state index < -0.39 is 0 Å². The lowest BCUT2D eigenvalue weighted by atomic mass is 10.0. The number of rotatable bonds is 6. The van der Waals surface area contributed by atoms with Crippen LogP contribution in [-0.2, 0) is 16.1 Å². The van der Waals surface area contributed by atoms with Gasteiger partial charge in [-0.05, 0) is 40.5 Å². The Morgan fingerprint density at radius 1 is 1.15 bits per heavy atom. The first-order valence-electron chi connectivity index (χ1n) is 11.6. The lowest BCUT2D eigenvalue weighted by Crippen LogP contribution is -2.51. The largest absolute Gasteiger partial charge is 0.372 e. The molecule has 1 saturated carbocycles. The van der Waals surface area contributed by atoms with E-state index in [0.29, 0.717) is 43.3 Å². The SMILES string of the molecule is CCn1c(-c2cnc(C)nc2)nc2c(NCC3(C(=O)N4CC(C)OC(C)C4)CC3)ncnc21. The van der Waals surface area contributed by atoms with Gasteiger partial charge in [-0.2, -0.15) is 0 Å². The van der Waals surface area contributed by atoms with Gasteiger partial charge in [-0.1, -0.05) is 0 Å². The van der Waals surface area contributed by atoms with Crippen LogP contribution in [0, 0.1) is 12.3 Å². The summed E-state index contributed by atoms with van der Waals surface area (Å²) in [5.41, 5.74) is 1.88. The van der Waals surface area contributed by atoms with Crippen LogP contribution in [0.3, 0.4) is 0 Å². The second-order valence-electron chi connectivity index (χ2n) is 9.19. The highest BCUT2D eigenvalue weighted by Gasteiger charge is 2.52. The number of aromatic nitrogens is 6.